The van der Waals surface area contributed by atoms with Crippen LogP contribution in [0.4, 0.5) is 4.39 Å². The molecule has 0 bridgehead atoms. The van der Waals surface area contributed by atoms with Crippen LogP contribution in [0.3, 0.4) is 0 Å². The topological polar surface area (TPSA) is 20.2 Å². The van der Waals surface area contributed by atoms with Gasteiger partial charge in [-0.15, -0.1) is 0 Å². The van der Waals surface area contributed by atoms with Gasteiger partial charge in [-0.1, -0.05) is 26.7 Å². The molecule has 0 rings (SSSR count). The van der Waals surface area contributed by atoms with Crippen molar-refractivity contribution in [3.8, 4) is 0 Å². The molecule has 0 fully saturated rings. The van der Waals surface area contributed by atoms with E-state index in [-0.39, 0.29) is 0 Å². The Bertz CT molecular complexity index is 102. The second-order valence-electron chi connectivity index (χ2n) is 3.32. The van der Waals surface area contributed by atoms with Gasteiger partial charge in [0, 0.05) is 0 Å². The predicted octanol–water partition coefficient (Wildman–Crippen LogP) is 2.68. The Morgan fingerprint density at radius 1 is 1.45 bits per heavy atom. The molecule has 2 atom stereocenters. The largest absolute Gasteiger partial charge is 0.387 e. The molecular formula is C9H19FO. The van der Waals surface area contributed by atoms with Gasteiger partial charge in [0.05, 0.1) is 5.60 Å². The van der Waals surface area contributed by atoms with E-state index in [1.54, 1.807) is 13.8 Å². The van der Waals surface area contributed by atoms with E-state index in [9.17, 15) is 9.50 Å². The van der Waals surface area contributed by atoms with E-state index >= 15 is 0 Å². The first-order valence-corrected chi connectivity index (χ1v) is 4.41. The normalized spacial score (nSPS) is 19.4. The van der Waals surface area contributed by atoms with E-state index in [1.165, 1.54) is 0 Å². The predicted molar refractivity (Wildman–Crippen MR) is 45.3 cm³/mol. The van der Waals surface area contributed by atoms with E-state index in [0.29, 0.717) is 12.8 Å². The lowest BCUT2D eigenvalue weighted by Crippen LogP contribution is -2.35. The monoisotopic (exact) mass is 162 g/mol. The summed E-state index contributed by atoms with van der Waals surface area (Å²) in [6.45, 7) is 5.39. The number of alkyl halides is 1. The smallest absolute Gasteiger partial charge is 0.128 e. The Balaban J connectivity index is 3.71. The van der Waals surface area contributed by atoms with Crippen LogP contribution < -0.4 is 0 Å². The van der Waals surface area contributed by atoms with Gasteiger partial charge >= 0.3 is 0 Å². The van der Waals surface area contributed by atoms with Crippen LogP contribution in [0.25, 0.3) is 0 Å². The zero-order valence-electron chi connectivity index (χ0n) is 7.73. The molecule has 0 aliphatic carbocycles. The van der Waals surface area contributed by atoms with Crippen LogP contribution in [0.5, 0.6) is 0 Å². The van der Waals surface area contributed by atoms with Crippen LogP contribution in [0.2, 0.25) is 0 Å². The van der Waals surface area contributed by atoms with Gasteiger partial charge in [0.2, 0.25) is 0 Å². The third kappa shape index (κ3) is 3.71. The van der Waals surface area contributed by atoms with Crippen molar-refractivity contribution in [2.24, 2.45) is 0 Å². The SMILES string of the molecule is CCCCC(F)C(C)(O)CC. The fourth-order valence-electron chi connectivity index (χ4n) is 0.916. The quantitative estimate of drug-likeness (QED) is 0.659. The Labute approximate surface area is 68.6 Å². The van der Waals surface area contributed by atoms with Gasteiger partial charge in [-0.25, -0.2) is 4.39 Å². The molecule has 11 heavy (non-hydrogen) atoms. The van der Waals surface area contributed by atoms with Gasteiger partial charge < -0.3 is 5.11 Å². The van der Waals surface area contributed by atoms with E-state index in [0.717, 1.165) is 12.8 Å². The minimum absolute atomic E-state index is 0.483. The molecule has 1 N–H and O–H groups in total. The number of unbranched alkanes of at least 4 members (excludes halogenated alkanes) is 1. The van der Waals surface area contributed by atoms with Crippen LogP contribution in [0.1, 0.15) is 46.5 Å². The minimum atomic E-state index is -1.12. The van der Waals surface area contributed by atoms with Gasteiger partial charge in [-0.05, 0) is 19.8 Å². The number of hydrogen-bond acceptors (Lipinski definition) is 1. The zero-order valence-corrected chi connectivity index (χ0v) is 7.73. The Morgan fingerprint density at radius 3 is 2.36 bits per heavy atom. The van der Waals surface area contributed by atoms with Crippen molar-refractivity contribution in [3.05, 3.63) is 0 Å². The van der Waals surface area contributed by atoms with Crippen LogP contribution in [0.15, 0.2) is 0 Å². The van der Waals surface area contributed by atoms with Crippen LogP contribution in [0, 0.1) is 0 Å². The summed E-state index contributed by atoms with van der Waals surface area (Å²) < 4.78 is 13.1. The number of hydrogen-bond donors (Lipinski definition) is 1. The van der Waals surface area contributed by atoms with Gasteiger partial charge in [0.1, 0.15) is 6.17 Å². The summed E-state index contributed by atoms with van der Waals surface area (Å²) in [5, 5.41) is 9.44. The maximum Gasteiger partial charge on any atom is 0.128 e. The summed E-state index contributed by atoms with van der Waals surface area (Å²) in [7, 11) is 0. The fraction of sp³-hybridized carbons (Fsp3) is 1.00. The van der Waals surface area contributed by atoms with Crippen molar-refractivity contribution >= 4 is 0 Å². The highest BCUT2D eigenvalue weighted by atomic mass is 19.1. The molecule has 0 aromatic carbocycles. The average Bonchev–Trinajstić information content (AvgIpc) is 2.00. The Hall–Kier alpha value is -0.110. The minimum Gasteiger partial charge on any atom is -0.387 e. The first-order chi connectivity index (χ1) is 5.04. The standard InChI is InChI=1S/C9H19FO/c1-4-6-7-8(10)9(3,11)5-2/h8,11H,4-7H2,1-3H3. The lowest BCUT2D eigenvalue weighted by molar-refractivity contribution is -0.0264. The summed E-state index contributed by atoms with van der Waals surface area (Å²) >= 11 is 0. The molecule has 0 aliphatic rings. The lowest BCUT2D eigenvalue weighted by Gasteiger charge is -2.25. The van der Waals surface area contributed by atoms with Crippen molar-refractivity contribution in [2.45, 2.75) is 58.2 Å². The molecule has 0 radical (unpaired) electrons. The summed E-state index contributed by atoms with van der Waals surface area (Å²) in [6, 6.07) is 0. The molecular weight excluding hydrogens is 143 g/mol. The first-order valence-electron chi connectivity index (χ1n) is 4.41. The van der Waals surface area contributed by atoms with Crippen molar-refractivity contribution < 1.29 is 9.50 Å². The fourth-order valence-corrected chi connectivity index (χ4v) is 0.916. The van der Waals surface area contributed by atoms with Gasteiger partial charge in [-0.3, -0.25) is 0 Å². The van der Waals surface area contributed by atoms with Gasteiger partial charge in [-0.2, -0.15) is 0 Å². The molecule has 0 aromatic heterocycles. The molecule has 2 heteroatoms. The molecule has 1 nitrogen and oxygen atoms in total. The highest BCUT2D eigenvalue weighted by molar-refractivity contribution is 4.79. The van der Waals surface area contributed by atoms with E-state index in [1.807, 2.05) is 6.92 Å². The maximum atomic E-state index is 13.1. The number of rotatable bonds is 5. The van der Waals surface area contributed by atoms with Crippen molar-refractivity contribution in [2.75, 3.05) is 0 Å². The molecule has 2 unspecified atom stereocenters. The van der Waals surface area contributed by atoms with Crippen LogP contribution in [-0.4, -0.2) is 16.9 Å². The highest BCUT2D eigenvalue weighted by Gasteiger charge is 2.28. The van der Waals surface area contributed by atoms with Crippen molar-refractivity contribution in [3.63, 3.8) is 0 Å². The Kier molecular flexibility index (Phi) is 4.66. The summed E-state index contributed by atoms with van der Waals surface area (Å²) in [6.07, 6.45) is 1.75. The number of halogens is 1. The third-order valence-electron chi connectivity index (χ3n) is 2.20. The molecule has 0 aliphatic heterocycles. The number of aliphatic hydroxyl groups is 1. The lowest BCUT2D eigenvalue weighted by atomic mass is 9.94. The van der Waals surface area contributed by atoms with Crippen LogP contribution in [-0.2, 0) is 0 Å². The molecule has 0 aromatic rings. The zero-order chi connectivity index (χ0) is 8.91. The van der Waals surface area contributed by atoms with E-state index in [2.05, 4.69) is 0 Å². The summed E-state index contributed by atoms with van der Waals surface area (Å²) in [5.41, 5.74) is -1.12. The molecule has 0 saturated carbocycles. The summed E-state index contributed by atoms with van der Waals surface area (Å²) in [5.74, 6) is 0. The summed E-state index contributed by atoms with van der Waals surface area (Å²) in [4.78, 5) is 0. The van der Waals surface area contributed by atoms with Crippen molar-refractivity contribution in [1.82, 2.24) is 0 Å². The molecule has 68 valence electrons. The van der Waals surface area contributed by atoms with E-state index < -0.39 is 11.8 Å². The van der Waals surface area contributed by atoms with Crippen LogP contribution >= 0.6 is 0 Å². The van der Waals surface area contributed by atoms with Gasteiger partial charge in [0.25, 0.3) is 0 Å². The highest BCUT2D eigenvalue weighted by Crippen LogP contribution is 2.21. The third-order valence-corrected chi connectivity index (χ3v) is 2.20. The molecule has 0 amide bonds. The second-order valence-corrected chi connectivity index (χ2v) is 3.32. The van der Waals surface area contributed by atoms with Crippen molar-refractivity contribution in [1.29, 1.82) is 0 Å². The first kappa shape index (κ1) is 10.9. The van der Waals surface area contributed by atoms with Gasteiger partial charge in [0.15, 0.2) is 0 Å². The molecule has 0 saturated heterocycles. The Morgan fingerprint density at radius 2 is 2.00 bits per heavy atom. The second kappa shape index (κ2) is 4.70. The maximum absolute atomic E-state index is 13.1. The average molecular weight is 162 g/mol. The molecule has 0 heterocycles. The van der Waals surface area contributed by atoms with E-state index in [4.69, 9.17) is 0 Å². The molecule has 0 spiro atoms.